The number of hydrogen-bond acceptors (Lipinski definition) is 5. The molecule has 0 spiro atoms. The van der Waals surface area contributed by atoms with Crippen molar-refractivity contribution >= 4 is 33.3 Å². The monoisotopic (exact) mass is 416 g/mol. The van der Waals surface area contributed by atoms with Crippen molar-refractivity contribution in [2.24, 2.45) is 0 Å². The van der Waals surface area contributed by atoms with Gasteiger partial charge >= 0.3 is 0 Å². The van der Waals surface area contributed by atoms with E-state index < -0.39 is 0 Å². The molecule has 0 amide bonds. The molecular weight excluding hydrogens is 396 g/mol. The Morgan fingerprint density at radius 2 is 1.81 bits per heavy atom. The third kappa shape index (κ3) is 3.70. The number of aryl methyl sites for hydroxylation is 2. The highest BCUT2D eigenvalue weighted by molar-refractivity contribution is 5.91. The zero-order valence-electron chi connectivity index (χ0n) is 17.8. The number of hydrogen-bond donors (Lipinski definition) is 1. The van der Waals surface area contributed by atoms with Gasteiger partial charge in [-0.25, -0.2) is 15.0 Å². The lowest BCUT2D eigenvalue weighted by atomic mass is 10.1. The number of ether oxygens (including phenoxy) is 1. The number of nitrogens with one attached hydrogen (secondary N) is 1. The summed E-state index contributed by atoms with van der Waals surface area (Å²) in [6, 6.07) is 21.6. The highest BCUT2D eigenvalue weighted by Gasteiger charge is 2.10. The Bertz CT molecular complexity index is 1520. The molecule has 32 heavy (non-hydrogen) atoms. The molecule has 2 aromatic heterocycles. The van der Waals surface area contributed by atoms with Gasteiger partial charge in [0.25, 0.3) is 0 Å². The van der Waals surface area contributed by atoms with Gasteiger partial charge < -0.3 is 10.1 Å². The van der Waals surface area contributed by atoms with Gasteiger partial charge in [0.15, 0.2) is 5.75 Å². The molecular formula is C27H20N4O. The smallest absolute Gasteiger partial charge is 0.153 e. The Morgan fingerprint density at radius 3 is 2.66 bits per heavy atom. The quantitative estimate of drug-likeness (QED) is 0.348. The van der Waals surface area contributed by atoms with Gasteiger partial charge in [-0.2, -0.15) is 0 Å². The molecule has 2 heterocycles. The first kappa shape index (κ1) is 19.5. The van der Waals surface area contributed by atoms with Crippen LogP contribution in [0.4, 0.5) is 11.5 Å². The van der Waals surface area contributed by atoms with E-state index in [1.165, 1.54) is 0 Å². The molecule has 0 atom stereocenters. The molecule has 0 aliphatic rings. The third-order valence-electron chi connectivity index (χ3n) is 5.28. The molecule has 154 valence electrons. The Balaban J connectivity index is 1.46. The summed E-state index contributed by atoms with van der Waals surface area (Å²) in [5, 5.41) is 5.30. The maximum absolute atomic E-state index is 6.25. The number of rotatable bonds is 4. The minimum absolute atomic E-state index is 0.703. The first-order chi connectivity index (χ1) is 15.6. The largest absolute Gasteiger partial charge is 0.455 e. The molecule has 0 aliphatic carbocycles. The minimum atomic E-state index is 0.703. The third-order valence-corrected chi connectivity index (χ3v) is 5.28. The number of terminal acetylenes is 1. The molecule has 3 aromatic carbocycles. The maximum Gasteiger partial charge on any atom is 0.153 e. The summed E-state index contributed by atoms with van der Waals surface area (Å²) in [5.74, 6) is 4.87. The van der Waals surface area contributed by atoms with Gasteiger partial charge in [0.05, 0.1) is 5.52 Å². The Morgan fingerprint density at radius 1 is 0.906 bits per heavy atom. The van der Waals surface area contributed by atoms with Gasteiger partial charge in [-0.05, 0) is 67.9 Å². The topological polar surface area (TPSA) is 59.9 Å². The number of nitrogens with zero attached hydrogens (tertiary/aromatic N) is 3. The van der Waals surface area contributed by atoms with Gasteiger partial charge in [-0.3, -0.25) is 0 Å². The van der Waals surface area contributed by atoms with E-state index in [-0.39, 0.29) is 0 Å². The summed E-state index contributed by atoms with van der Waals surface area (Å²) in [5.41, 5.74) is 5.31. The van der Waals surface area contributed by atoms with E-state index in [9.17, 15) is 0 Å². The fourth-order valence-corrected chi connectivity index (χ4v) is 3.64. The average molecular weight is 416 g/mol. The Hall–Kier alpha value is -4.43. The Kier molecular flexibility index (Phi) is 4.89. The molecule has 0 radical (unpaired) electrons. The van der Waals surface area contributed by atoms with Gasteiger partial charge in [0.1, 0.15) is 23.4 Å². The summed E-state index contributed by atoms with van der Waals surface area (Å²) >= 11 is 0. The van der Waals surface area contributed by atoms with E-state index in [0.29, 0.717) is 5.82 Å². The summed E-state index contributed by atoms with van der Waals surface area (Å²) in [7, 11) is 0. The van der Waals surface area contributed by atoms with Gasteiger partial charge in [0.2, 0.25) is 0 Å². The first-order valence-electron chi connectivity index (χ1n) is 10.2. The maximum atomic E-state index is 6.25. The molecule has 0 bridgehead atoms. The van der Waals surface area contributed by atoms with E-state index in [2.05, 4.69) is 32.3 Å². The number of aromatic nitrogens is 3. The highest BCUT2D eigenvalue weighted by Crippen LogP contribution is 2.33. The second kappa shape index (κ2) is 8.01. The predicted molar refractivity (Wildman–Crippen MR) is 128 cm³/mol. The SMILES string of the molecule is C#Cc1ccc2ncnc(Nc3ccc(Oc4cccc5ccc(C)nc45)c(C)c3)c2c1. The number of fused-ring (bicyclic) bond motifs is 2. The second-order valence-corrected chi connectivity index (χ2v) is 7.59. The zero-order valence-corrected chi connectivity index (χ0v) is 17.8. The van der Waals surface area contributed by atoms with Crippen LogP contribution in [0.25, 0.3) is 21.8 Å². The highest BCUT2D eigenvalue weighted by atomic mass is 16.5. The molecule has 5 nitrogen and oxygen atoms in total. The number of anilines is 2. The molecule has 5 rings (SSSR count). The number of para-hydroxylation sites is 1. The summed E-state index contributed by atoms with van der Waals surface area (Å²) < 4.78 is 6.25. The van der Waals surface area contributed by atoms with E-state index in [0.717, 1.165) is 55.8 Å². The molecule has 1 N–H and O–H groups in total. The van der Waals surface area contributed by atoms with Crippen molar-refractivity contribution in [2.75, 3.05) is 5.32 Å². The van der Waals surface area contributed by atoms with Gasteiger partial charge in [-0.15, -0.1) is 6.42 Å². The van der Waals surface area contributed by atoms with Gasteiger partial charge in [0, 0.05) is 27.7 Å². The van der Waals surface area contributed by atoms with Crippen LogP contribution in [0.2, 0.25) is 0 Å². The van der Waals surface area contributed by atoms with Crippen LogP contribution >= 0.6 is 0 Å². The second-order valence-electron chi connectivity index (χ2n) is 7.59. The molecule has 0 aliphatic heterocycles. The zero-order chi connectivity index (χ0) is 22.1. The predicted octanol–water partition coefficient (Wildman–Crippen LogP) is 6.31. The fourth-order valence-electron chi connectivity index (χ4n) is 3.64. The van der Waals surface area contributed by atoms with Crippen LogP contribution in [0.5, 0.6) is 11.5 Å². The number of benzene rings is 3. The van der Waals surface area contributed by atoms with Crippen molar-refractivity contribution in [3.63, 3.8) is 0 Å². The van der Waals surface area contributed by atoms with Crippen molar-refractivity contribution in [2.45, 2.75) is 13.8 Å². The summed E-state index contributed by atoms with van der Waals surface area (Å²) in [6.07, 6.45) is 7.10. The van der Waals surface area contributed by atoms with Crippen LogP contribution in [0, 0.1) is 26.2 Å². The molecule has 0 saturated carbocycles. The van der Waals surface area contributed by atoms with Crippen molar-refractivity contribution in [1.29, 1.82) is 0 Å². The van der Waals surface area contributed by atoms with E-state index in [4.69, 9.17) is 11.2 Å². The van der Waals surface area contributed by atoms with Crippen LogP contribution in [-0.4, -0.2) is 15.0 Å². The summed E-state index contributed by atoms with van der Waals surface area (Å²) in [4.78, 5) is 13.4. The van der Waals surface area contributed by atoms with E-state index in [1.807, 2.05) is 74.5 Å². The van der Waals surface area contributed by atoms with Crippen LogP contribution in [-0.2, 0) is 0 Å². The van der Waals surface area contributed by atoms with Crippen LogP contribution < -0.4 is 10.1 Å². The average Bonchev–Trinajstić information content (AvgIpc) is 2.81. The van der Waals surface area contributed by atoms with Crippen LogP contribution in [0.1, 0.15) is 16.8 Å². The van der Waals surface area contributed by atoms with Crippen molar-refractivity contribution in [3.8, 4) is 23.8 Å². The van der Waals surface area contributed by atoms with Crippen molar-refractivity contribution < 1.29 is 4.74 Å². The van der Waals surface area contributed by atoms with Crippen molar-refractivity contribution in [1.82, 2.24) is 15.0 Å². The standard InChI is InChI=1S/C27H20N4O/c1-4-19-9-12-23-22(15-19)27(29-16-28-23)31-21-11-13-24(17(2)14-21)32-25-7-5-6-20-10-8-18(3)30-26(20)25/h1,5-16H,2-3H3,(H,28,29,31). The molecule has 0 fully saturated rings. The van der Waals surface area contributed by atoms with Gasteiger partial charge in [-0.1, -0.05) is 24.1 Å². The molecule has 0 unspecified atom stereocenters. The van der Waals surface area contributed by atoms with Crippen molar-refractivity contribution in [3.05, 3.63) is 89.9 Å². The lowest BCUT2D eigenvalue weighted by Gasteiger charge is -2.13. The Labute approximate surface area is 186 Å². The number of pyridine rings is 1. The lowest BCUT2D eigenvalue weighted by Crippen LogP contribution is -1.97. The molecule has 5 aromatic rings. The van der Waals surface area contributed by atoms with Crippen LogP contribution in [0.3, 0.4) is 0 Å². The fraction of sp³-hybridized carbons (Fsp3) is 0.0741. The van der Waals surface area contributed by atoms with Crippen LogP contribution in [0.15, 0.2) is 73.1 Å². The lowest BCUT2D eigenvalue weighted by molar-refractivity contribution is 0.483. The van der Waals surface area contributed by atoms with E-state index in [1.54, 1.807) is 6.33 Å². The molecule has 0 saturated heterocycles. The first-order valence-corrected chi connectivity index (χ1v) is 10.2. The minimum Gasteiger partial charge on any atom is -0.455 e. The molecule has 5 heteroatoms. The normalized spacial score (nSPS) is 10.8. The van der Waals surface area contributed by atoms with E-state index >= 15 is 0 Å². The summed E-state index contributed by atoms with van der Waals surface area (Å²) in [6.45, 7) is 3.99.